The smallest absolute Gasteiger partial charge is 0.148 e. The highest BCUT2D eigenvalue weighted by molar-refractivity contribution is 6.30. The Morgan fingerprint density at radius 3 is 0.946 bits per heavy atom. The third-order valence-corrected chi connectivity index (χ3v) is 27.3. The Labute approximate surface area is 851 Å². The van der Waals surface area contributed by atoms with E-state index in [1.54, 1.807) is 12.1 Å². The van der Waals surface area contributed by atoms with Gasteiger partial charge in [-0.25, -0.2) is 22.0 Å². The molecular formula is C134H69F5N10. The lowest BCUT2D eigenvalue weighted by molar-refractivity contribution is 0.624. The number of rotatable bonds is 8. The molecule has 0 aromatic heterocycles. The average Bonchev–Trinajstić information content (AvgIpc) is 0.743. The quantitative estimate of drug-likeness (QED) is 0.0792. The highest BCUT2D eigenvalue weighted by Gasteiger charge is 2.27. The van der Waals surface area contributed by atoms with Gasteiger partial charge in [0.15, 0.2) is 0 Å². The van der Waals surface area contributed by atoms with Crippen molar-refractivity contribution >= 4 is 129 Å². The Balaban J connectivity index is 0.000000110. The van der Waals surface area contributed by atoms with E-state index in [1.807, 2.05) is 267 Å². The Hall–Kier alpha value is -21.6. The second-order valence-electron chi connectivity index (χ2n) is 35.5. The predicted octanol–water partition coefficient (Wildman–Crippen LogP) is 34.5. The van der Waals surface area contributed by atoms with Crippen molar-refractivity contribution in [2.24, 2.45) is 0 Å². The Kier molecular flexibility index (Phi) is 25.3. The molecule has 0 saturated heterocycles. The van der Waals surface area contributed by atoms with Crippen LogP contribution in [0.4, 0.5) is 22.0 Å². The molecular weight excluding hydrogens is 1840 g/mol. The molecule has 0 amide bonds. The fourth-order valence-electron chi connectivity index (χ4n) is 20.7. The van der Waals surface area contributed by atoms with E-state index in [0.29, 0.717) is 27.8 Å². The number of fused-ring (bicyclic) bond motifs is 12. The fourth-order valence-corrected chi connectivity index (χ4v) is 20.7. The average molecular weight is 1910 g/mol. The van der Waals surface area contributed by atoms with Gasteiger partial charge in [-0.15, -0.1) is 0 Å². The summed E-state index contributed by atoms with van der Waals surface area (Å²) in [6, 6.07) is 152. The van der Waals surface area contributed by atoms with E-state index in [4.69, 9.17) is 10.5 Å². The van der Waals surface area contributed by atoms with Crippen molar-refractivity contribution in [2.45, 2.75) is 0 Å². The van der Waals surface area contributed by atoms with Gasteiger partial charge in [-0.05, 0) is 258 Å². The summed E-state index contributed by atoms with van der Waals surface area (Å²) in [5, 5.41) is 119. The first kappa shape index (κ1) is 93.7. The van der Waals surface area contributed by atoms with Gasteiger partial charge in [-0.2, -0.15) is 52.6 Å². The molecule has 0 bridgehead atoms. The van der Waals surface area contributed by atoms with E-state index in [-0.39, 0.29) is 72.3 Å². The molecule has 25 aromatic carbocycles. The lowest BCUT2D eigenvalue weighted by atomic mass is 9.84. The minimum atomic E-state index is -0.631. The van der Waals surface area contributed by atoms with Crippen LogP contribution in [0.5, 0.6) is 0 Å². The molecule has 0 atom stereocenters. The molecule has 0 N–H and O–H groups in total. The third-order valence-electron chi connectivity index (χ3n) is 27.3. The predicted molar refractivity (Wildman–Crippen MR) is 584 cm³/mol. The summed E-state index contributed by atoms with van der Waals surface area (Å²) in [5.74, 6) is -3.05. The van der Waals surface area contributed by atoms with Crippen LogP contribution in [0.3, 0.4) is 0 Å². The van der Waals surface area contributed by atoms with Crippen LogP contribution in [-0.4, -0.2) is 0 Å². The van der Waals surface area contributed by atoms with Gasteiger partial charge in [0.05, 0.1) is 86.0 Å². The first-order chi connectivity index (χ1) is 73.1. The van der Waals surface area contributed by atoms with E-state index >= 15 is 4.39 Å². The van der Waals surface area contributed by atoms with Gasteiger partial charge in [0.25, 0.3) is 0 Å². The molecule has 25 rings (SSSR count). The first-order valence-corrected chi connectivity index (χ1v) is 47.3. The maximum absolute atomic E-state index is 15.4. The van der Waals surface area contributed by atoms with Crippen LogP contribution in [0, 0.1) is 142 Å². The minimum absolute atomic E-state index is 0.114. The van der Waals surface area contributed by atoms with Crippen LogP contribution in [-0.2, 0) is 0 Å². The van der Waals surface area contributed by atoms with Crippen molar-refractivity contribution in [1.82, 2.24) is 0 Å². The normalized spacial score (nSPS) is 10.8. The molecule has 0 aliphatic carbocycles. The van der Waals surface area contributed by atoms with Crippen LogP contribution < -0.4 is 0 Å². The Morgan fingerprint density at radius 1 is 0.141 bits per heavy atom. The van der Waals surface area contributed by atoms with Gasteiger partial charge >= 0.3 is 0 Å². The molecule has 25 aromatic rings. The summed E-state index contributed by atoms with van der Waals surface area (Å²) in [6.45, 7) is 0. The number of hydrogen-bond acceptors (Lipinski definition) is 10. The SMILES string of the molecule is N#Cc1cc(C#N)c(-c2c3ccccc3c(-c3ccc4ccccc4c3)c3ccccc23)cc1F.N#Cc1cc(C#N)c(-c2ccc3ccc4c(-c5ccccc5)ccc5ccc2c3c54)cc1F.N#Cc1cc(C#N)c(F)c(-c2c3ccccc3c(-c3ccccc3)c3ccccc23)c1.N#Cc1cc(C#N)c(F)c(-c2ccc3c4ccccc4c4ccccc4c3c2)c1.N#Cc1cc(C#N)c(F)c(-c2cccc3ccccc23)c1. The number of nitriles is 10. The molecule has 0 radical (unpaired) electrons. The number of nitrogens with zero attached hydrogens (tertiary/aromatic N) is 10. The summed E-state index contributed by atoms with van der Waals surface area (Å²) in [7, 11) is 0. The van der Waals surface area contributed by atoms with Crippen molar-refractivity contribution in [3.8, 4) is 150 Å². The molecule has 0 saturated carbocycles. The van der Waals surface area contributed by atoms with Gasteiger partial charge in [0.1, 0.15) is 59.4 Å². The highest BCUT2D eigenvalue weighted by atomic mass is 19.1. The molecule has 10 nitrogen and oxygen atoms in total. The standard InChI is InChI=1S/C32H17FN2.C30H15FN2.C28H15FN2.C26H13FN2.C18H9FN2/c33-30-17-29(23(18-34)16-24(30)19-35)32-27-11-5-3-9-25(27)31(26-10-4-6-12-28(26)32)22-14-13-20-7-1-2-8-21(20)15-22;31-28-15-27(21(16-32)14-22(28)17-33)24-11-7-20-8-12-25-23(18-4-2-1-3-5-18)10-6-19-9-13-26(24)30(20)29(19)25;29-28-20(17-31)14-18(16-30)15-25(28)27-23-12-6-4-10-21(23)26(19-8-2-1-3-9-19)22-11-5-7-13-24(22)27;27-26-18(15-29)11-16(14-28)12-24(26)17-9-10-23-21-7-2-1-5-19(21)20-6-3-4-8-22(20)25(23)13-17;19-18-14(11-21)8-12(10-20)9-17(18)16-7-3-5-13-4-1-2-6-15(13)16/h1-17H;1-15H;1-15H;1-13H;1-9H. The van der Waals surface area contributed by atoms with Crippen LogP contribution >= 0.6 is 0 Å². The maximum atomic E-state index is 15.4. The van der Waals surface area contributed by atoms with Crippen molar-refractivity contribution in [3.63, 3.8) is 0 Å². The van der Waals surface area contributed by atoms with Crippen molar-refractivity contribution < 1.29 is 22.0 Å². The zero-order valence-electron chi connectivity index (χ0n) is 78.7. The summed E-state index contributed by atoms with van der Waals surface area (Å²) in [5.41, 5.74) is 12.8. The number of benzene rings is 25. The van der Waals surface area contributed by atoms with Gasteiger partial charge in [0, 0.05) is 33.4 Å². The zero-order valence-corrected chi connectivity index (χ0v) is 78.7. The zero-order chi connectivity index (χ0) is 103. The van der Waals surface area contributed by atoms with Crippen LogP contribution in [0.15, 0.2) is 419 Å². The van der Waals surface area contributed by atoms with Crippen molar-refractivity contribution in [3.05, 3.63) is 503 Å². The Morgan fingerprint density at radius 2 is 0.463 bits per heavy atom. The van der Waals surface area contributed by atoms with Crippen LogP contribution in [0.25, 0.3) is 218 Å². The second-order valence-corrected chi connectivity index (χ2v) is 35.5. The monoisotopic (exact) mass is 1910 g/mol. The minimum Gasteiger partial charge on any atom is -0.206 e. The van der Waals surface area contributed by atoms with E-state index in [2.05, 4.69) is 140 Å². The molecule has 149 heavy (non-hydrogen) atoms. The maximum Gasteiger partial charge on any atom is 0.148 e. The molecule has 0 spiro atoms. The van der Waals surface area contributed by atoms with E-state index in [0.717, 1.165) is 163 Å². The van der Waals surface area contributed by atoms with E-state index < -0.39 is 29.1 Å². The van der Waals surface area contributed by atoms with Gasteiger partial charge in [-0.3, -0.25) is 0 Å². The van der Waals surface area contributed by atoms with Crippen LogP contribution in [0.1, 0.15) is 55.6 Å². The second kappa shape index (κ2) is 40.2. The molecule has 690 valence electrons. The lowest BCUT2D eigenvalue weighted by Gasteiger charge is -2.18. The lowest BCUT2D eigenvalue weighted by Crippen LogP contribution is -1.96. The molecule has 0 aliphatic rings. The van der Waals surface area contributed by atoms with Crippen molar-refractivity contribution in [2.75, 3.05) is 0 Å². The molecule has 0 unspecified atom stereocenters. The van der Waals surface area contributed by atoms with Crippen LogP contribution in [0.2, 0.25) is 0 Å². The van der Waals surface area contributed by atoms with Gasteiger partial charge in [-0.1, -0.05) is 346 Å². The van der Waals surface area contributed by atoms with Crippen molar-refractivity contribution in [1.29, 1.82) is 52.6 Å². The molecule has 0 aliphatic heterocycles. The highest BCUT2D eigenvalue weighted by Crippen LogP contribution is 2.50. The molecule has 15 heteroatoms. The Bertz CT molecular complexity index is 10300. The first-order valence-electron chi connectivity index (χ1n) is 47.3. The number of hydrogen-bond donors (Lipinski definition) is 0. The fraction of sp³-hybridized carbons (Fsp3) is 0. The van der Waals surface area contributed by atoms with Gasteiger partial charge < -0.3 is 0 Å². The largest absolute Gasteiger partial charge is 0.206 e. The van der Waals surface area contributed by atoms with E-state index in [9.17, 15) is 59.7 Å². The summed E-state index contributed by atoms with van der Waals surface area (Å²) in [4.78, 5) is 0. The third kappa shape index (κ3) is 17.1. The molecule has 0 heterocycles. The molecule has 0 fully saturated rings. The number of halogens is 5. The summed E-state index contributed by atoms with van der Waals surface area (Å²) >= 11 is 0. The van der Waals surface area contributed by atoms with Gasteiger partial charge in [0.2, 0.25) is 0 Å². The van der Waals surface area contributed by atoms with E-state index in [1.165, 1.54) is 71.4 Å². The summed E-state index contributed by atoms with van der Waals surface area (Å²) in [6.07, 6.45) is 0. The summed E-state index contributed by atoms with van der Waals surface area (Å²) < 4.78 is 74.2. The topological polar surface area (TPSA) is 238 Å².